The van der Waals surface area contributed by atoms with E-state index in [9.17, 15) is 18.5 Å². The Balaban J connectivity index is 1.45. The zero-order chi connectivity index (χ0) is 22.9. The number of nitrogens with one attached hydrogen (secondary N) is 1. The number of sulfonamides is 1. The van der Waals surface area contributed by atoms with E-state index in [1.807, 2.05) is 0 Å². The summed E-state index contributed by atoms with van der Waals surface area (Å²) in [4.78, 5) is 16.3. The number of amides is 1. The summed E-state index contributed by atoms with van der Waals surface area (Å²) in [5.41, 5.74) is 2.14. The van der Waals surface area contributed by atoms with Crippen LogP contribution in [0.15, 0.2) is 17.2 Å². The van der Waals surface area contributed by atoms with Crippen molar-refractivity contribution in [2.45, 2.75) is 56.4 Å². The molecule has 0 unspecified atom stereocenters. The first-order valence-corrected chi connectivity index (χ1v) is 13.4. The summed E-state index contributed by atoms with van der Waals surface area (Å²) in [6.07, 6.45) is 8.86. The van der Waals surface area contributed by atoms with E-state index >= 15 is 0 Å². The van der Waals surface area contributed by atoms with E-state index < -0.39 is 10.0 Å². The highest BCUT2D eigenvalue weighted by atomic mass is 32.2. The van der Waals surface area contributed by atoms with Crippen LogP contribution < -0.4 is 10.5 Å². The van der Waals surface area contributed by atoms with Gasteiger partial charge in [0.2, 0.25) is 15.9 Å². The van der Waals surface area contributed by atoms with Gasteiger partial charge in [-0.05, 0) is 31.2 Å². The molecule has 0 atom stereocenters. The molecule has 3 N–H and O–H groups in total. The topological polar surface area (TPSA) is 121 Å². The Labute approximate surface area is 193 Å². The molecule has 4 rings (SSSR count). The minimum Gasteiger partial charge on any atom is -0.353 e. The van der Waals surface area contributed by atoms with Gasteiger partial charge in [0.05, 0.1) is 16.9 Å². The van der Waals surface area contributed by atoms with Crippen LogP contribution >= 0.6 is 11.3 Å². The lowest BCUT2D eigenvalue weighted by Crippen LogP contribution is -2.34. The third-order valence-corrected chi connectivity index (χ3v) is 8.57. The molecule has 1 aliphatic heterocycles. The smallest absolute Gasteiger partial charge is 0.239 e. The number of fused-ring (bicyclic) bond motifs is 1. The highest BCUT2D eigenvalue weighted by Gasteiger charge is 2.27. The molecule has 0 radical (unpaired) electrons. The molecule has 1 saturated carbocycles. The number of nitrogens with two attached hydrogens (primary N) is 1. The summed E-state index contributed by atoms with van der Waals surface area (Å²) in [6.45, 7) is 2.83. The van der Waals surface area contributed by atoms with Crippen molar-refractivity contribution in [1.82, 2.24) is 9.47 Å². The average molecular weight is 476 g/mol. The number of aromatic nitrogens is 1. The Morgan fingerprint density at radius 3 is 2.75 bits per heavy atom. The number of carbonyl (C=O) groups excluding carboxylic acids is 1. The number of hydrogen-bond donors (Lipinski definition) is 2. The van der Waals surface area contributed by atoms with Gasteiger partial charge in [0.15, 0.2) is 0 Å². The Kier molecular flexibility index (Phi) is 6.72. The van der Waals surface area contributed by atoms with E-state index in [1.54, 1.807) is 11.6 Å². The van der Waals surface area contributed by atoms with Crippen LogP contribution in [0.25, 0.3) is 0 Å². The normalized spacial score (nSPS) is 17.7. The average Bonchev–Trinajstić information content (AvgIpc) is 3.28. The van der Waals surface area contributed by atoms with Crippen LogP contribution in [0.2, 0.25) is 0 Å². The Morgan fingerprint density at radius 2 is 2.09 bits per heavy atom. The summed E-state index contributed by atoms with van der Waals surface area (Å²) in [6, 6.07) is 3.71. The lowest BCUT2D eigenvalue weighted by Gasteiger charge is -2.32. The molecule has 10 heteroatoms. The summed E-state index contributed by atoms with van der Waals surface area (Å²) >= 11 is 1.48. The molecule has 2 aromatic rings. The van der Waals surface area contributed by atoms with Crippen LogP contribution in [0.1, 0.15) is 53.8 Å². The van der Waals surface area contributed by atoms with E-state index in [0.29, 0.717) is 16.3 Å². The van der Waals surface area contributed by atoms with Gasteiger partial charge < -0.3 is 9.88 Å². The third-order valence-electron chi connectivity index (χ3n) is 6.49. The molecule has 0 bridgehead atoms. The number of anilines is 1. The maximum Gasteiger partial charge on any atom is 0.239 e. The predicted octanol–water partition coefficient (Wildman–Crippen LogP) is 2.73. The number of carbonyl (C=O) groups is 1. The fourth-order valence-electron chi connectivity index (χ4n) is 4.78. The zero-order valence-electron chi connectivity index (χ0n) is 18.3. The summed E-state index contributed by atoms with van der Waals surface area (Å²) in [5.74, 6) is 0.461. The van der Waals surface area contributed by atoms with Crippen LogP contribution in [0.5, 0.6) is 0 Å². The van der Waals surface area contributed by atoms with Gasteiger partial charge in [0.25, 0.3) is 0 Å². The number of aryl methyl sites for hydroxylation is 1. The number of primary sulfonamides is 1. The number of nitrogens with zero attached hydrogens (tertiary/aromatic N) is 3. The summed E-state index contributed by atoms with van der Waals surface area (Å²) in [5, 5.41) is 18.5. The first-order chi connectivity index (χ1) is 15.2. The van der Waals surface area contributed by atoms with Crippen molar-refractivity contribution >= 4 is 32.3 Å². The molecule has 3 heterocycles. The van der Waals surface area contributed by atoms with Gasteiger partial charge in [0.1, 0.15) is 11.1 Å². The van der Waals surface area contributed by atoms with Gasteiger partial charge in [-0.15, -0.1) is 11.3 Å². The highest BCUT2D eigenvalue weighted by Crippen LogP contribution is 2.37. The second kappa shape index (κ2) is 9.35. The van der Waals surface area contributed by atoms with Crippen LogP contribution in [0.3, 0.4) is 0 Å². The fourth-order valence-corrected chi connectivity index (χ4v) is 6.56. The number of nitriles is 1. The molecule has 32 heavy (non-hydrogen) atoms. The van der Waals surface area contributed by atoms with Crippen LogP contribution in [-0.4, -0.2) is 36.9 Å². The van der Waals surface area contributed by atoms with Gasteiger partial charge in [-0.3, -0.25) is 9.69 Å². The Hall–Kier alpha value is -2.19. The van der Waals surface area contributed by atoms with Crippen molar-refractivity contribution in [2.24, 2.45) is 18.1 Å². The molecular formula is C22H29N5O3S2. The van der Waals surface area contributed by atoms with Gasteiger partial charge in [-0.2, -0.15) is 5.26 Å². The van der Waals surface area contributed by atoms with Crippen molar-refractivity contribution in [3.05, 3.63) is 34.0 Å². The van der Waals surface area contributed by atoms with Crippen LogP contribution in [0, 0.1) is 17.2 Å². The first kappa shape index (κ1) is 23.0. The molecule has 0 aromatic carbocycles. The fraction of sp³-hybridized carbons (Fsp3) is 0.545. The van der Waals surface area contributed by atoms with Gasteiger partial charge >= 0.3 is 0 Å². The molecule has 1 amide bonds. The Morgan fingerprint density at radius 1 is 1.34 bits per heavy atom. The monoisotopic (exact) mass is 475 g/mol. The molecular weight excluding hydrogens is 446 g/mol. The van der Waals surface area contributed by atoms with Crippen molar-refractivity contribution in [3.8, 4) is 6.07 Å². The van der Waals surface area contributed by atoms with E-state index in [1.165, 1.54) is 60.6 Å². The standard InChI is InChI=1S/C22H29N5O3S2/c1-26-13-17(32(24,29)30)9-16(26)10-21(28)25-22-18(11-23)19-14-27(8-7-20(19)31-22)12-15-5-3-2-4-6-15/h9,13,15H,2-8,10,12,14H2,1H3,(H,25,28)(H2,24,29,30). The van der Waals surface area contributed by atoms with E-state index in [-0.39, 0.29) is 17.2 Å². The molecule has 2 aromatic heterocycles. The molecule has 1 fully saturated rings. The molecule has 2 aliphatic rings. The first-order valence-electron chi connectivity index (χ1n) is 11.0. The summed E-state index contributed by atoms with van der Waals surface area (Å²) in [7, 11) is -2.16. The molecule has 1 aliphatic carbocycles. The van der Waals surface area contributed by atoms with Crippen molar-refractivity contribution in [1.29, 1.82) is 5.26 Å². The van der Waals surface area contributed by atoms with E-state index in [4.69, 9.17) is 5.14 Å². The van der Waals surface area contributed by atoms with Gasteiger partial charge in [0, 0.05) is 49.0 Å². The highest BCUT2D eigenvalue weighted by molar-refractivity contribution is 7.89. The number of hydrogen-bond acceptors (Lipinski definition) is 6. The largest absolute Gasteiger partial charge is 0.353 e. The second-order valence-electron chi connectivity index (χ2n) is 8.86. The number of thiophene rings is 1. The Bertz CT molecular complexity index is 1150. The SMILES string of the molecule is Cn1cc(S(N)(=O)=O)cc1CC(=O)Nc1sc2c(c1C#N)CN(CC1CCCCC1)CC2. The quantitative estimate of drug-likeness (QED) is 0.665. The predicted molar refractivity (Wildman–Crippen MR) is 124 cm³/mol. The van der Waals surface area contributed by atoms with Crippen molar-refractivity contribution in [3.63, 3.8) is 0 Å². The summed E-state index contributed by atoms with van der Waals surface area (Å²) < 4.78 is 24.7. The maximum absolute atomic E-state index is 12.7. The van der Waals surface area contributed by atoms with E-state index in [0.717, 1.165) is 37.5 Å². The lowest BCUT2D eigenvalue weighted by molar-refractivity contribution is -0.115. The molecule has 8 nitrogen and oxygen atoms in total. The minimum absolute atomic E-state index is 0.00669. The molecule has 0 saturated heterocycles. The van der Waals surface area contributed by atoms with Gasteiger partial charge in [-0.25, -0.2) is 13.6 Å². The third kappa shape index (κ3) is 5.07. The minimum atomic E-state index is -3.83. The molecule has 0 spiro atoms. The maximum atomic E-state index is 12.7. The van der Waals surface area contributed by atoms with Gasteiger partial charge in [-0.1, -0.05) is 19.3 Å². The van der Waals surface area contributed by atoms with Crippen molar-refractivity contribution in [2.75, 3.05) is 18.4 Å². The lowest BCUT2D eigenvalue weighted by atomic mass is 9.88. The second-order valence-corrected chi connectivity index (χ2v) is 11.5. The number of rotatable bonds is 6. The molecule has 172 valence electrons. The zero-order valence-corrected chi connectivity index (χ0v) is 19.9. The van der Waals surface area contributed by atoms with Crippen molar-refractivity contribution < 1.29 is 13.2 Å². The van der Waals surface area contributed by atoms with Crippen LogP contribution in [0.4, 0.5) is 5.00 Å². The van der Waals surface area contributed by atoms with E-state index in [2.05, 4.69) is 16.3 Å². The van der Waals surface area contributed by atoms with Crippen LogP contribution in [-0.2, 0) is 41.3 Å².